The number of aromatic nitrogens is 3. The molecule has 9 heteroatoms. The number of likely N-dealkylation sites (tertiary alicyclic amines) is 1. The predicted octanol–water partition coefficient (Wildman–Crippen LogP) is 5.32. The summed E-state index contributed by atoms with van der Waals surface area (Å²) in [5, 5.41) is 10.9. The zero-order valence-corrected chi connectivity index (χ0v) is 23.9. The van der Waals surface area contributed by atoms with Crippen molar-refractivity contribution in [3.05, 3.63) is 71.3 Å². The number of piperidine rings is 1. The van der Waals surface area contributed by atoms with Gasteiger partial charge in [-0.3, -0.25) is 14.8 Å². The van der Waals surface area contributed by atoms with E-state index in [1.165, 1.54) is 19.3 Å². The Morgan fingerprint density at radius 1 is 1.00 bits per heavy atom. The van der Waals surface area contributed by atoms with Gasteiger partial charge in [0.1, 0.15) is 11.6 Å². The second-order valence-corrected chi connectivity index (χ2v) is 11.3. The third kappa shape index (κ3) is 5.96. The number of fused-ring (bicyclic) bond motifs is 1. The second-order valence-electron chi connectivity index (χ2n) is 11.3. The maximum absolute atomic E-state index is 15.3. The average molecular weight is 556 g/mol. The van der Waals surface area contributed by atoms with Crippen molar-refractivity contribution in [2.45, 2.75) is 39.2 Å². The van der Waals surface area contributed by atoms with Crippen molar-refractivity contribution in [1.82, 2.24) is 25.0 Å². The molecule has 2 aromatic carbocycles. The van der Waals surface area contributed by atoms with Gasteiger partial charge in [-0.15, -0.1) is 0 Å². The van der Waals surface area contributed by atoms with Crippen LogP contribution in [0.1, 0.15) is 47.8 Å². The highest BCUT2D eigenvalue weighted by molar-refractivity contribution is 6.11. The van der Waals surface area contributed by atoms with Crippen LogP contribution < -0.4 is 10.2 Å². The lowest BCUT2D eigenvalue weighted by molar-refractivity contribution is 0.102. The molecule has 2 N–H and O–H groups in total. The van der Waals surface area contributed by atoms with Gasteiger partial charge in [0.2, 0.25) is 0 Å². The summed E-state index contributed by atoms with van der Waals surface area (Å²) in [6.45, 7) is 8.71. The standard InChI is InChI=1S/C32H38FN7O/c1-3-25-26(17-22(18-28(25)33)21-39-11-5-4-6-12-39)23-7-9-29-27(19-23)31(37-36-29)32(41)35-24-8-10-30(34-20-24)40-15-13-38(2)14-16-40/h7-10,17-20H,3-6,11-16,21H2,1-2H3,(H,35,41)(H,36,37). The molecular formula is C32H38FN7O. The molecule has 0 unspecified atom stereocenters. The monoisotopic (exact) mass is 555 g/mol. The normalized spacial score (nSPS) is 16.8. The van der Waals surface area contributed by atoms with E-state index in [0.717, 1.165) is 73.8 Å². The summed E-state index contributed by atoms with van der Waals surface area (Å²) < 4.78 is 15.3. The third-order valence-corrected chi connectivity index (χ3v) is 8.39. The molecule has 2 aliphatic heterocycles. The van der Waals surface area contributed by atoms with Gasteiger partial charge in [0.15, 0.2) is 5.69 Å². The molecule has 2 aliphatic rings. The highest BCUT2D eigenvalue weighted by atomic mass is 19.1. The summed E-state index contributed by atoms with van der Waals surface area (Å²) in [4.78, 5) is 24.9. The number of carbonyl (C=O) groups excluding carboxylic acids is 1. The highest BCUT2D eigenvalue weighted by Crippen LogP contribution is 2.32. The fourth-order valence-electron chi connectivity index (χ4n) is 6.00. The minimum Gasteiger partial charge on any atom is -0.354 e. The lowest BCUT2D eigenvalue weighted by Gasteiger charge is -2.33. The van der Waals surface area contributed by atoms with E-state index in [-0.39, 0.29) is 11.7 Å². The zero-order valence-electron chi connectivity index (χ0n) is 23.9. The Kier molecular flexibility index (Phi) is 7.98. The van der Waals surface area contributed by atoms with Crippen LogP contribution in [0.2, 0.25) is 0 Å². The highest BCUT2D eigenvalue weighted by Gasteiger charge is 2.20. The fourth-order valence-corrected chi connectivity index (χ4v) is 6.00. The summed E-state index contributed by atoms with van der Waals surface area (Å²) in [6, 6.07) is 13.5. The van der Waals surface area contributed by atoms with Gasteiger partial charge in [0, 0.05) is 38.1 Å². The topological polar surface area (TPSA) is 80.4 Å². The number of hydrogen-bond acceptors (Lipinski definition) is 6. The quantitative estimate of drug-likeness (QED) is 0.322. The van der Waals surface area contributed by atoms with E-state index in [1.807, 2.05) is 37.3 Å². The Hall–Kier alpha value is -3.82. The van der Waals surface area contributed by atoms with E-state index in [4.69, 9.17) is 0 Å². The summed E-state index contributed by atoms with van der Waals surface area (Å²) >= 11 is 0. The van der Waals surface area contributed by atoms with Crippen molar-refractivity contribution in [1.29, 1.82) is 0 Å². The van der Waals surface area contributed by atoms with Crippen LogP contribution in [-0.2, 0) is 13.0 Å². The van der Waals surface area contributed by atoms with Crippen molar-refractivity contribution in [2.75, 3.05) is 56.5 Å². The largest absolute Gasteiger partial charge is 0.354 e. The molecule has 4 aromatic rings. The molecule has 214 valence electrons. The maximum atomic E-state index is 15.3. The van der Waals surface area contributed by atoms with Crippen LogP contribution in [0, 0.1) is 5.82 Å². The van der Waals surface area contributed by atoms with E-state index >= 15 is 4.39 Å². The summed E-state index contributed by atoms with van der Waals surface area (Å²) in [5.41, 5.74) is 5.08. The number of benzene rings is 2. The van der Waals surface area contributed by atoms with Gasteiger partial charge in [-0.2, -0.15) is 5.10 Å². The smallest absolute Gasteiger partial charge is 0.276 e. The molecule has 2 aromatic heterocycles. The number of H-pyrrole nitrogens is 1. The molecule has 8 nitrogen and oxygen atoms in total. The number of nitrogens with zero attached hydrogens (tertiary/aromatic N) is 5. The fraction of sp³-hybridized carbons (Fsp3) is 0.406. The minimum atomic E-state index is -0.316. The molecule has 0 radical (unpaired) electrons. The molecule has 2 fully saturated rings. The molecule has 6 rings (SSSR count). The van der Waals surface area contributed by atoms with Crippen LogP contribution in [0.3, 0.4) is 0 Å². The molecule has 2 saturated heterocycles. The SMILES string of the molecule is CCc1c(F)cc(CN2CCCCC2)cc1-c1ccc2[nH]nc(C(=O)Nc3ccc(N4CCN(C)CC4)nc3)c2c1. The molecule has 0 atom stereocenters. The zero-order chi connectivity index (χ0) is 28.3. The molecular weight excluding hydrogens is 517 g/mol. The summed E-state index contributed by atoms with van der Waals surface area (Å²) in [7, 11) is 2.12. The predicted molar refractivity (Wildman–Crippen MR) is 162 cm³/mol. The van der Waals surface area contributed by atoms with E-state index in [2.05, 4.69) is 48.3 Å². The van der Waals surface area contributed by atoms with E-state index < -0.39 is 0 Å². The summed E-state index contributed by atoms with van der Waals surface area (Å²) in [6.07, 6.45) is 5.93. The van der Waals surface area contributed by atoms with Crippen molar-refractivity contribution in [3.8, 4) is 11.1 Å². The lowest BCUT2D eigenvalue weighted by Crippen LogP contribution is -2.44. The molecule has 0 bridgehead atoms. The molecule has 1 amide bonds. The van der Waals surface area contributed by atoms with Gasteiger partial charge in [0.05, 0.1) is 17.4 Å². The van der Waals surface area contributed by atoms with Crippen LogP contribution in [-0.4, -0.2) is 77.2 Å². The first-order valence-corrected chi connectivity index (χ1v) is 14.7. The van der Waals surface area contributed by atoms with Gasteiger partial charge in [-0.1, -0.05) is 19.4 Å². The molecule has 0 saturated carbocycles. The number of hydrogen-bond donors (Lipinski definition) is 2. The first-order valence-electron chi connectivity index (χ1n) is 14.7. The van der Waals surface area contributed by atoms with E-state index in [1.54, 1.807) is 12.3 Å². The van der Waals surface area contributed by atoms with Gasteiger partial charge >= 0.3 is 0 Å². The van der Waals surface area contributed by atoms with Crippen molar-refractivity contribution < 1.29 is 9.18 Å². The van der Waals surface area contributed by atoms with Gasteiger partial charge < -0.3 is 15.1 Å². The van der Waals surface area contributed by atoms with E-state index in [9.17, 15) is 4.79 Å². The van der Waals surface area contributed by atoms with Crippen molar-refractivity contribution >= 4 is 28.3 Å². The van der Waals surface area contributed by atoms with Crippen LogP contribution in [0.25, 0.3) is 22.0 Å². The Balaban J connectivity index is 1.24. The Labute approximate surface area is 240 Å². The molecule has 0 aliphatic carbocycles. The van der Waals surface area contributed by atoms with Crippen LogP contribution in [0.5, 0.6) is 0 Å². The number of nitrogens with one attached hydrogen (secondary N) is 2. The van der Waals surface area contributed by atoms with Crippen molar-refractivity contribution in [2.24, 2.45) is 0 Å². The molecule has 4 heterocycles. The molecule has 41 heavy (non-hydrogen) atoms. The number of anilines is 2. The first-order chi connectivity index (χ1) is 20.0. The van der Waals surface area contributed by atoms with E-state index in [0.29, 0.717) is 28.8 Å². The van der Waals surface area contributed by atoms with Gasteiger partial charge in [0.25, 0.3) is 5.91 Å². The third-order valence-electron chi connectivity index (χ3n) is 8.39. The minimum absolute atomic E-state index is 0.171. The number of amides is 1. The van der Waals surface area contributed by atoms with Crippen LogP contribution in [0.15, 0.2) is 48.7 Å². The Bertz CT molecular complexity index is 1520. The number of piperazine rings is 1. The van der Waals surface area contributed by atoms with Gasteiger partial charge in [-0.25, -0.2) is 9.37 Å². The van der Waals surface area contributed by atoms with Crippen molar-refractivity contribution in [3.63, 3.8) is 0 Å². The Morgan fingerprint density at radius 3 is 2.54 bits per heavy atom. The number of pyridine rings is 1. The number of likely N-dealkylation sites (N-methyl/N-ethyl adjacent to an activating group) is 1. The number of rotatable bonds is 7. The number of halogens is 1. The van der Waals surface area contributed by atoms with Gasteiger partial charge in [-0.05, 0) is 98.1 Å². The summed E-state index contributed by atoms with van der Waals surface area (Å²) in [5.74, 6) is 0.422. The number of carbonyl (C=O) groups is 1. The van der Waals surface area contributed by atoms with Crippen LogP contribution in [0.4, 0.5) is 15.9 Å². The maximum Gasteiger partial charge on any atom is 0.276 e. The first kappa shape index (κ1) is 27.4. The number of aromatic amines is 1. The second kappa shape index (κ2) is 12.0. The Morgan fingerprint density at radius 2 is 1.80 bits per heavy atom. The lowest BCUT2D eigenvalue weighted by atomic mass is 9.94. The molecule has 0 spiro atoms. The average Bonchev–Trinajstić information content (AvgIpc) is 3.42. The van der Waals surface area contributed by atoms with Crippen LogP contribution >= 0.6 is 0 Å².